The van der Waals surface area contributed by atoms with E-state index < -0.39 is 0 Å². The Labute approximate surface area is 204 Å². The summed E-state index contributed by atoms with van der Waals surface area (Å²) in [6.45, 7) is 12.2. The van der Waals surface area contributed by atoms with Gasteiger partial charge in [-0.25, -0.2) is 0 Å². The molecule has 2 aromatic carbocycles. The zero-order chi connectivity index (χ0) is 24.7. The van der Waals surface area contributed by atoms with E-state index in [2.05, 4.69) is 62.2 Å². The van der Waals surface area contributed by atoms with Gasteiger partial charge in [-0.2, -0.15) is 0 Å². The van der Waals surface area contributed by atoms with Crippen LogP contribution in [0.15, 0.2) is 54.7 Å². The Bertz CT molecular complexity index is 1080. The lowest BCUT2D eigenvalue weighted by Gasteiger charge is -2.29. The summed E-state index contributed by atoms with van der Waals surface area (Å²) in [6, 6.07) is 16.6. The van der Waals surface area contributed by atoms with Gasteiger partial charge in [0.25, 0.3) is 0 Å². The summed E-state index contributed by atoms with van der Waals surface area (Å²) in [4.78, 5) is 33.4. The number of nitrogens with zero attached hydrogens (tertiary/aromatic N) is 2. The van der Waals surface area contributed by atoms with Crippen molar-refractivity contribution in [1.29, 1.82) is 0 Å². The summed E-state index contributed by atoms with van der Waals surface area (Å²) in [7, 11) is 0. The minimum Gasteiger partial charge on any atom is -0.361 e. The first-order chi connectivity index (χ1) is 16.2. The Hall–Kier alpha value is -3.08. The summed E-state index contributed by atoms with van der Waals surface area (Å²) < 4.78 is 0. The third-order valence-electron chi connectivity index (χ3n) is 6.02. The van der Waals surface area contributed by atoms with Crippen molar-refractivity contribution in [3.8, 4) is 0 Å². The van der Waals surface area contributed by atoms with Crippen LogP contribution in [-0.2, 0) is 22.6 Å². The normalized spacial score (nSPS) is 11.4. The Morgan fingerprint density at radius 2 is 1.59 bits per heavy atom. The lowest BCUT2D eigenvalue weighted by Crippen LogP contribution is -2.44. The zero-order valence-corrected chi connectivity index (χ0v) is 21.3. The minimum atomic E-state index is -0.00169. The van der Waals surface area contributed by atoms with Crippen molar-refractivity contribution in [3.05, 3.63) is 71.4 Å². The molecule has 0 aliphatic heterocycles. The van der Waals surface area contributed by atoms with Crippen LogP contribution in [0, 0.1) is 18.8 Å². The highest BCUT2D eigenvalue weighted by molar-refractivity contribution is 5.85. The maximum absolute atomic E-state index is 13.5. The number of rotatable bonds is 11. The van der Waals surface area contributed by atoms with Gasteiger partial charge in [0.15, 0.2) is 0 Å². The fourth-order valence-corrected chi connectivity index (χ4v) is 4.24. The number of nitrogens with one attached hydrogen (secondary N) is 1. The molecule has 0 fully saturated rings. The second-order valence-corrected chi connectivity index (χ2v) is 10.2. The number of carbonyl (C=O) groups is 2. The molecule has 0 atom stereocenters. The first-order valence-corrected chi connectivity index (χ1v) is 12.4. The molecule has 1 N–H and O–H groups in total. The molecular formula is C29H39N3O2. The summed E-state index contributed by atoms with van der Waals surface area (Å²) in [5, 5.41) is 1.19. The largest absolute Gasteiger partial charge is 0.361 e. The molecule has 0 bridgehead atoms. The van der Waals surface area contributed by atoms with Crippen LogP contribution in [0.5, 0.6) is 0 Å². The molecule has 3 rings (SSSR count). The van der Waals surface area contributed by atoms with E-state index in [9.17, 15) is 9.59 Å². The standard InChI is InChI=1S/C29H39N3O2/c1-21(2)16-28(33)32(18-22(3)4)20-29(34)31(19-24-12-10-23(5)11-13-24)15-14-25-17-30-27-9-7-6-8-26(25)27/h6-13,17,21-22,30H,14-16,18-20H2,1-5H3. The SMILES string of the molecule is Cc1ccc(CN(CCc2c[nH]c3ccccc23)C(=O)CN(CC(C)C)C(=O)CC(C)C)cc1. The van der Waals surface area contributed by atoms with Crippen molar-refractivity contribution >= 4 is 22.7 Å². The van der Waals surface area contributed by atoms with E-state index >= 15 is 0 Å². The first-order valence-electron chi connectivity index (χ1n) is 12.4. The van der Waals surface area contributed by atoms with Gasteiger partial charge in [0, 0.05) is 43.2 Å². The van der Waals surface area contributed by atoms with Gasteiger partial charge in [-0.1, -0.05) is 75.7 Å². The molecule has 3 aromatic rings. The molecule has 0 spiro atoms. The number of benzene rings is 2. The summed E-state index contributed by atoms with van der Waals surface area (Å²) >= 11 is 0. The van der Waals surface area contributed by atoms with Crippen LogP contribution in [0.25, 0.3) is 10.9 Å². The summed E-state index contributed by atoms with van der Waals surface area (Å²) in [5.74, 6) is 0.630. The number of amides is 2. The molecule has 5 nitrogen and oxygen atoms in total. The number of carbonyl (C=O) groups excluding carboxylic acids is 2. The highest BCUT2D eigenvalue weighted by Gasteiger charge is 2.23. The Morgan fingerprint density at radius 3 is 2.26 bits per heavy atom. The average Bonchev–Trinajstić information content (AvgIpc) is 3.19. The topological polar surface area (TPSA) is 56.4 Å². The fourth-order valence-electron chi connectivity index (χ4n) is 4.24. The van der Waals surface area contributed by atoms with E-state index in [0.29, 0.717) is 32.0 Å². The van der Waals surface area contributed by atoms with Crippen molar-refractivity contribution < 1.29 is 9.59 Å². The molecule has 0 saturated heterocycles. The van der Waals surface area contributed by atoms with Crippen LogP contribution in [0.3, 0.4) is 0 Å². The van der Waals surface area contributed by atoms with Crippen LogP contribution in [-0.4, -0.2) is 46.2 Å². The van der Waals surface area contributed by atoms with Gasteiger partial charge in [-0.3, -0.25) is 9.59 Å². The maximum Gasteiger partial charge on any atom is 0.242 e. The van der Waals surface area contributed by atoms with E-state index in [1.54, 1.807) is 4.90 Å². The molecule has 34 heavy (non-hydrogen) atoms. The smallest absolute Gasteiger partial charge is 0.242 e. The molecule has 0 radical (unpaired) electrons. The molecule has 0 unspecified atom stereocenters. The number of aryl methyl sites for hydroxylation is 1. The Balaban J connectivity index is 1.78. The van der Waals surface area contributed by atoms with Gasteiger partial charge < -0.3 is 14.8 Å². The van der Waals surface area contributed by atoms with Crippen LogP contribution in [0.4, 0.5) is 0 Å². The molecule has 0 aliphatic rings. The third kappa shape index (κ3) is 7.21. The summed E-state index contributed by atoms with van der Waals surface area (Å²) in [5.41, 5.74) is 4.60. The van der Waals surface area contributed by atoms with Crippen LogP contribution >= 0.6 is 0 Å². The monoisotopic (exact) mass is 461 g/mol. The van der Waals surface area contributed by atoms with E-state index in [4.69, 9.17) is 0 Å². The lowest BCUT2D eigenvalue weighted by atomic mass is 10.1. The molecule has 1 heterocycles. The van der Waals surface area contributed by atoms with Gasteiger partial charge in [0.1, 0.15) is 0 Å². The number of para-hydroxylation sites is 1. The van der Waals surface area contributed by atoms with Gasteiger partial charge in [0.2, 0.25) is 11.8 Å². The Kier molecular flexibility index (Phi) is 8.91. The quantitative estimate of drug-likeness (QED) is 0.405. The van der Waals surface area contributed by atoms with Crippen LogP contribution in [0.2, 0.25) is 0 Å². The molecule has 0 saturated carbocycles. The predicted octanol–water partition coefficient (Wildman–Crippen LogP) is 5.58. The van der Waals surface area contributed by atoms with Crippen LogP contribution in [0.1, 0.15) is 50.8 Å². The number of aromatic nitrogens is 1. The van der Waals surface area contributed by atoms with E-state index in [1.807, 2.05) is 37.1 Å². The molecular weight excluding hydrogens is 422 g/mol. The van der Waals surface area contributed by atoms with Crippen molar-refractivity contribution in [2.24, 2.45) is 11.8 Å². The fraction of sp³-hybridized carbons (Fsp3) is 0.448. The number of hydrogen-bond acceptors (Lipinski definition) is 2. The van der Waals surface area contributed by atoms with Crippen molar-refractivity contribution in [1.82, 2.24) is 14.8 Å². The average molecular weight is 462 g/mol. The lowest BCUT2D eigenvalue weighted by molar-refractivity contribution is -0.141. The van der Waals surface area contributed by atoms with Gasteiger partial charge in [-0.05, 0) is 42.4 Å². The molecule has 1 aromatic heterocycles. The molecule has 2 amide bonds. The first kappa shape index (κ1) is 25.5. The maximum atomic E-state index is 13.5. The van der Waals surface area contributed by atoms with E-state index in [-0.39, 0.29) is 24.3 Å². The van der Waals surface area contributed by atoms with Crippen molar-refractivity contribution in [2.45, 2.75) is 54.0 Å². The second-order valence-electron chi connectivity index (χ2n) is 10.2. The highest BCUT2D eigenvalue weighted by Crippen LogP contribution is 2.19. The molecule has 5 heteroatoms. The number of fused-ring (bicyclic) bond motifs is 1. The predicted molar refractivity (Wildman–Crippen MR) is 139 cm³/mol. The van der Waals surface area contributed by atoms with Crippen molar-refractivity contribution in [2.75, 3.05) is 19.6 Å². The highest BCUT2D eigenvalue weighted by atomic mass is 16.2. The van der Waals surface area contributed by atoms with Gasteiger partial charge in [-0.15, -0.1) is 0 Å². The number of hydrogen-bond donors (Lipinski definition) is 1. The number of H-pyrrole nitrogens is 1. The Morgan fingerprint density at radius 1 is 0.882 bits per heavy atom. The van der Waals surface area contributed by atoms with Crippen molar-refractivity contribution in [3.63, 3.8) is 0 Å². The number of aromatic amines is 1. The van der Waals surface area contributed by atoms with Gasteiger partial charge >= 0.3 is 0 Å². The second kappa shape index (κ2) is 11.9. The van der Waals surface area contributed by atoms with E-state index in [0.717, 1.165) is 17.5 Å². The molecule has 182 valence electrons. The third-order valence-corrected chi connectivity index (χ3v) is 6.02. The molecule has 0 aliphatic carbocycles. The van der Waals surface area contributed by atoms with Crippen LogP contribution < -0.4 is 0 Å². The summed E-state index contributed by atoms with van der Waals surface area (Å²) in [6.07, 6.45) is 3.26. The zero-order valence-electron chi connectivity index (χ0n) is 21.3. The van der Waals surface area contributed by atoms with Gasteiger partial charge in [0.05, 0.1) is 6.54 Å². The minimum absolute atomic E-state index is 0.00169. The van der Waals surface area contributed by atoms with E-state index in [1.165, 1.54) is 16.5 Å².